The smallest absolute Gasteiger partial charge is 0.293 e. The summed E-state index contributed by atoms with van der Waals surface area (Å²) in [4.78, 5) is 4.07. The number of fused-ring (bicyclic) bond motifs is 1. The molecule has 5 heteroatoms. The Kier molecular flexibility index (Phi) is 2.12. The van der Waals surface area contributed by atoms with Crippen LogP contribution in [0.4, 0.5) is 6.01 Å². The molecule has 1 aromatic carbocycles. The SMILES string of the molecule is Nc1nc2cc(-c3ccsc3)cc(Cl)c2o1. The molecule has 0 atom stereocenters. The maximum absolute atomic E-state index is 6.11. The highest BCUT2D eigenvalue weighted by Crippen LogP contribution is 2.32. The van der Waals surface area contributed by atoms with Gasteiger partial charge in [0, 0.05) is 0 Å². The van der Waals surface area contributed by atoms with Crippen LogP contribution in [0.5, 0.6) is 0 Å². The van der Waals surface area contributed by atoms with Crippen LogP contribution in [0.3, 0.4) is 0 Å². The van der Waals surface area contributed by atoms with Gasteiger partial charge in [-0.1, -0.05) is 11.6 Å². The standard InChI is InChI=1S/C11H7ClN2OS/c12-8-3-7(6-1-2-16-5-6)4-9-10(8)15-11(13)14-9/h1-5H,(H2,13,14). The molecule has 3 rings (SSSR count). The highest BCUT2D eigenvalue weighted by atomic mass is 35.5. The maximum Gasteiger partial charge on any atom is 0.293 e. The van der Waals surface area contributed by atoms with Gasteiger partial charge in [-0.15, -0.1) is 0 Å². The zero-order valence-electron chi connectivity index (χ0n) is 8.11. The zero-order chi connectivity index (χ0) is 11.1. The first-order chi connectivity index (χ1) is 7.74. The number of anilines is 1. The Balaban J connectivity index is 2.28. The largest absolute Gasteiger partial charge is 0.422 e. The summed E-state index contributed by atoms with van der Waals surface area (Å²) in [6, 6.07) is 5.95. The first-order valence-corrected chi connectivity index (χ1v) is 5.94. The summed E-state index contributed by atoms with van der Waals surface area (Å²) in [7, 11) is 0. The van der Waals surface area contributed by atoms with E-state index in [0.29, 0.717) is 16.1 Å². The van der Waals surface area contributed by atoms with Crippen molar-refractivity contribution in [2.24, 2.45) is 0 Å². The minimum Gasteiger partial charge on any atom is -0.422 e. The number of nitrogens with zero attached hydrogens (tertiary/aromatic N) is 1. The molecule has 16 heavy (non-hydrogen) atoms. The summed E-state index contributed by atoms with van der Waals surface area (Å²) >= 11 is 7.75. The van der Waals surface area contributed by atoms with E-state index in [1.165, 1.54) is 0 Å². The number of nitrogens with two attached hydrogens (primary N) is 1. The van der Waals surface area contributed by atoms with E-state index in [1.54, 1.807) is 11.3 Å². The van der Waals surface area contributed by atoms with E-state index in [9.17, 15) is 0 Å². The van der Waals surface area contributed by atoms with E-state index in [2.05, 4.69) is 10.4 Å². The fraction of sp³-hybridized carbons (Fsp3) is 0. The molecule has 0 radical (unpaired) electrons. The summed E-state index contributed by atoms with van der Waals surface area (Å²) in [5.74, 6) is 0. The van der Waals surface area contributed by atoms with Crippen LogP contribution in [-0.2, 0) is 0 Å². The third-order valence-corrected chi connectivity index (χ3v) is 3.28. The molecule has 0 unspecified atom stereocenters. The van der Waals surface area contributed by atoms with Crippen molar-refractivity contribution in [3.05, 3.63) is 34.0 Å². The molecule has 0 aliphatic rings. The zero-order valence-corrected chi connectivity index (χ0v) is 9.68. The summed E-state index contributed by atoms with van der Waals surface area (Å²) < 4.78 is 5.21. The second kappa shape index (κ2) is 3.50. The van der Waals surface area contributed by atoms with Crippen molar-refractivity contribution in [2.75, 3.05) is 5.73 Å². The average Bonchev–Trinajstić information content (AvgIpc) is 2.84. The van der Waals surface area contributed by atoms with Crippen molar-refractivity contribution in [2.45, 2.75) is 0 Å². The lowest BCUT2D eigenvalue weighted by Crippen LogP contribution is -1.80. The Bertz CT molecular complexity index is 645. The van der Waals surface area contributed by atoms with Crippen molar-refractivity contribution >= 4 is 40.1 Å². The van der Waals surface area contributed by atoms with Crippen molar-refractivity contribution in [1.82, 2.24) is 4.98 Å². The minimum absolute atomic E-state index is 0.138. The van der Waals surface area contributed by atoms with Gasteiger partial charge in [-0.25, -0.2) is 0 Å². The quantitative estimate of drug-likeness (QED) is 0.715. The number of rotatable bonds is 1. The van der Waals surface area contributed by atoms with Crippen LogP contribution in [0.15, 0.2) is 33.4 Å². The highest BCUT2D eigenvalue weighted by Gasteiger charge is 2.10. The average molecular weight is 251 g/mol. The number of halogens is 1. The van der Waals surface area contributed by atoms with Crippen LogP contribution < -0.4 is 5.73 Å². The van der Waals surface area contributed by atoms with Gasteiger partial charge < -0.3 is 10.2 Å². The number of hydrogen-bond donors (Lipinski definition) is 1. The van der Waals surface area contributed by atoms with Gasteiger partial charge >= 0.3 is 0 Å². The van der Waals surface area contributed by atoms with Gasteiger partial charge in [-0.2, -0.15) is 16.3 Å². The molecule has 2 N–H and O–H groups in total. The minimum atomic E-state index is 0.138. The normalized spacial score (nSPS) is 11.1. The molecule has 0 fully saturated rings. The Morgan fingerprint density at radius 3 is 2.94 bits per heavy atom. The van der Waals surface area contributed by atoms with E-state index in [1.807, 2.05) is 23.6 Å². The molecular formula is C11H7ClN2OS. The predicted molar refractivity (Wildman–Crippen MR) is 66.7 cm³/mol. The molecule has 0 aliphatic heterocycles. The monoisotopic (exact) mass is 250 g/mol. The number of aromatic nitrogens is 1. The molecular weight excluding hydrogens is 244 g/mol. The van der Waals surface area contributed by atoms with Gasteiger partial charge in [0.2, 0.25) is 0 Å². The topological polar surface area (TPSA) is 52.0 Å². The Morgan fingerprint density at radius 2 is 2.19 bits per heavy atom. The van der Waals surface area contributed by atoms with Crippen LogP contribution in [0, 0.1) is 0 Å². The third kappa shape index (κ3) is 1.47. The van der Waals surface area contributed by atoms with Gasteiger partial charge in [0.05, 0.1) is 5.02 Å². The molecule has 0 amide bonds. The first kappa shape index (κ1) is 9.69. The molecule has 0 bridgehead atoms. The number of thiophene rings is 1. The summed E-state index contributed by atoms with van der Waals surface area (Å²) in [6.07, 6.45) is 0. The lowest BCUT2D eigenvalue weighted by atomic mass is 10.1. The summed E-state index contributed by atoms with van der Waals surface area (Å²) in [6.45, 7) is 0. The van der Waals surface area contributed by atoms with Crippen LogP contribution in [0.2, 0.25) is 5.02 Å². The Labute approximate surface area is 100 Å². The van der Waals surface area contributed by atoms with Crippen molar-refractivity contribution < 1.29 is 4.42 Å². The fourth-order valence-corrected chi connectivity index (χ4v) is 2.52. The van der Waals surface area contributed by atoms with Crippen LogP contribution >= 0.6 is 22.9 Å². The summed E-state index contributed by atoms with van der Waals surface area (Å²) in [5.41, 5.74) is 8.86. The van der Waals surface area contributed by atoms with E-state index >= 15 is 0 Å². The number of oxazole rings is 1. The van der Waals surface area contributed by atoms with Crippen molar-refractivity contribution in [1.29, 1.82) is 0 Å². The van der Waals surface area contributed by atoms with Crippen molar-refractivity contribution in [3.63, 3.8) is 0 Å². The third-order valence-electron chi connectivity index (χ3n) is 2.32. The lowest BCUT2D eigenvalue weighted by Gasteiger charge is -1.98. The van der Waals surface area contributed by atoms with E-state index in [0.717, 1.165) is 11.1 Å². The van der Waals surface area contributed by atoms with Crippen LogP contribution in [0.1, 0.15) is 0 Å². The molecule has 2 aromatic heterocycles. The Morgan fingerprint density at radius 1 is 1.31 bits per heavy atom. The number of nitrogen functional groups attached to an aromatic ring is 1. The van der Waals surface area contributed by atoms with Gasteiger partial charge in [0.1, 0.15) is 5.52 Å². The molecule has 80 valence electrons. The number of benzene rings is 1. The lowest BCUT2D eigenvalue weighted by molar-refractivity contribution is 0.626. The molecule has 0 aliphatic carbocycles. The molecule has 0 saturated heterocycles. The second-order valence-corrected chi connectivity index (χ2v) is 4.56. The van der Waals surface area contributed by atoms with E-state index in [-0.39, 0.29) is 6.01 Å². The molecule has 0 spiro atoms. The first-order valence-electron chi connectivity index (χ1n) is 4.62. The Hall–Kier alpha value is -1.52. The molecule has 3 aromatic rings. The van der Waals surface area contributed by atoms with E-state index < -0.39 is 0 Å². The second-order valence-electron chi connectivity index (χ2n) is 3.37. The van der Waals surface area contributed by atoms with Gasteiger partial charge in [0.25, 0.3) is 6.01 Å². The van der Waals surface area contributed by atoms with Crippen molar-refractivity contribution in [3.8, 4) is 11.1 Å². The van der Waals surface area contributed by atoms with Crippen LogP contribution in [0.25, 0.3) is 22.2 Å². The molecule has 0 saturated carbocycles. The van der Waals surface area contributed by atoms with Gasteiger partial charge in [-0.05, 0) is 40.1 Å². The van der Waals surface area contributed by atoms with E-state index in [4.69, 9.17) is 21.8 Å². The fourth-order valence-electron chi connectivity index (χ4n) is 1.60. The van der Waals surface area contributed by atoms with Gasteiger partial charge in [-0.3, -0.25) is 0 Å². The maximum atomic E-state index is 6.11. The summed E-state index contributed by atoms with van der Waals surface area (Å²) in [5, 5.41) is 4.61. The molecule has 2 heterocycles. The number of hydrogen-bond acceptors (Lipinski definition) is 4. The highest BCUT2D eigenvalue weighted by molar-refractivity contribution is 7.08. The predicted octanol–water partition coefficient (Wildman–Crippen LogP) is 3.79. The van der Waals surface area contributed by atoms with Crippen LogP contribution in [-0.4, -0.2) is 4.98 Å². The molecule has 3 nitrogen and oxygen atoms in total. The van der Waals surface area contributed by atoms with Gasteiger partial charge in [0.15, 0.2) is 5.58 Å².